The molecule has 0 amide bonds. The molecule has 5 heteroatoms. The van der Waals surface area contributed by atoms with Gasteiger partial charge in [0.1, 0.15) is 0 Å². The summed E-state index contributed by atoms with van der Waals surface area (Å²) in [5, 5.41) is 5.30. The van der Waals surface area contributed by atoms with E-state index >= 15 is 0 Å². The number of aromatic nitrogens is 2. The SMILES string of the molecule is CCc1nn(C)c(CN2CCC(C)(CN)C2)c1Cl. The fourth-order valence-electron chi connectivity index (χ4n) is 2.63. The number of nitrogens with zero attached hydrogens (tertiary/aromatic N) is 3. The molecule has 102 valence electrons. The monoisotopic (exact) mass is 270 g/mol. The van der Waals surface area contributed by atoms with Crippen LogP contribution in [0, 0.1) is 5.41 Å². The highest BCUT2D eigenvalue weighted by Gasteiger charge is 2.33. The highest BCUT2D eigenvalue weighted by atomic mass is 35.5. The molecular weight excluding hydrogens is 248 g/mol. The molecule has 1 aromatic rings. The van der Waals surface area contributed by atoms with Gasteiger partial charge < -0.3 is 5.73 Å². The summed E-state index contributed by atoms with van der Waals surface area (Å²) >= 11 is 6.38. The van der Waals surface area contributed by atoms with Crippen molar-refractivity contribution in [1.82, 2.24) is 14.7 Å². The predicted octanol–water partition coefficient (Wildman–Crippen LogP) is 1.81. The maximum absolute atomic E-state index is 6.38. The Bertz CT molecular complexity index is 429. The molecule has 0 bridgehead atoms. The van der Waals surface area contributed by atoms with E-state index in [4.69, 9.17) is 17.3 Å². The van der Waals surface area contributed by atoms with Gasteiger partial charge in [-0.05, 0) is 31.3 Å². The summed E-state index contributed by atoms with van der Waals surface area (Å²) in [6.45, 7) is 8.11. The van der Waals surface area contributed by atoms with Crippen molar-refractivity contribution >= 4 is 11.6 Å². The molecule has 2 heterocycles. The Morgan fingerprint density at radius 2 is 2.22 bits per heavy atom. The molecule has 2 rings (SSSR count). The molecule has 1 saturated heterocycles. The average Bonchev–Trinajstić information content (AvgIpc) is 2.85. The molecule has 1 aromatic heterocycles. The van der Waals surface area contributed by atoms with Crippen LogP contribution in [0.4, 0.5) is 0 Å². The van der Waals surface area contributed by atoms with E-state index in [2.05, 4.69) is 23.8 Å². The van der Waals surface area contributed by atoms with Gasteiger partial charge in [0.15, 0.2) is 0 Å². The van der Waals surface area contributed by atoms with Crippen molar-refractivity contribution in [2.45, 2.75) is 33.2 Å². The lowest BCUT2D eigenvalue weighted by Gasteiger charge is -2.22. The Labute approximate surface area is 114 Å². The molecule has 0 aromatic carbocycles. The van der Waals surface area contributed by atoms with Gasteiger partial charge in [0.25, 0.3) is 0 Å². The van der Waals surface area contributed by atoms with Crippen LogP contribution in [0.1, 0.15) is 31.7 Å². The largest absolute Gasteiger partial charge is 0.330 e. The molecule has 2 N–H and O–H groups in total. The van der Waals surface area contributed by atoms with Gasteiger partial charge in [-0.2, -0.15) is 5.10 Å². The zero-order valence-electron chi connectivity index (χ0n) is 11.5. The lowest BCUT2D eigenvalue weighted by atomic mass is 9.90. The van der Waals surface area contributed by atoms with Crippen LogP contribution in [0.3, 0.4) is 0 Å². The van der Waals surface area contributed by atoms with Gasteiger partial charge >= 0.3 is 0 Å². The molecule has 0 saturated carbocycles. The van der Waals surface area contributed by atoms with E-state index in [1.165, 1.54) is 6.42 Å². The maximum atomic E-state index is 6.38. The molecular formula is C13H23ClN4. The van der Waals surface area contributed by atoms with Crippen LogP contribution in [0.5, 0.6) is 0 Å². The van der Waals surface area contributed by atoms with Crippen molar-refractivity contribution in [1.29, 1.82) is 0 Å². The maximum Gasteiger partial charge on any atom is 0.0863 e. The van der Waals surface area contributed by atoms with Crippen molar-refractivity contribution in [3.05, 3.63) is 16.4 Å². The Hall–Kier alpha value is -0.580. The predicted molar refractivity (Wildman–Crippen MR) is 74.7 cm³/mol. The molecule has 0 aliphatic carbocycles. The second-order valence-corrected chi connectivity index (χ2v) is 6.04. The first-order chi connectivity index (χ1) is 8.49. The summed E-state index contributed by atoms with van der Waals surface area (Å²) in [6, 6.07) is 0. The van der Waals surface area contributed by atoms with E-state index in [0.29, 0.717) is 0 Å². The minimum absolute atomic E-state index is 0.263. The molecule has 1 aliphatic rings. The van der Waals surface area contributed by atoms with E-state index in [1.54, 1.807) is 0 Å². The number of aryl methyl sites for hydroxylation is 2. The van der Waals surface area contributed by atoms with Crippen LogP contribution in [0.15, 0.2) is 0 Å². The number of nitrogens with two attached hydrogens (primary N) is 1. The number of hydrogen-bond acceptors (Lipinski definition) is 3. The first-order valence-corrected chi connectivity index (χ1v) is 6.99. The topological polar surface area (TPSA) is 47.1 Å². The van der Waals surface area contributed by atoms with E-state index in [9.17, 15) is 0 Å². The highest BCUT2D eigenvalue weighted by Crippen LogP contribution is 2.31. The van der Waals surface area contributed by atoms with Gasteiger partial charge in [-0.1, -0.05) is 25.4 Å². The average molecular weight is 271 g/mol. The van der Waals surface area contributed by atoms with Crippen molar-refractivity contribution < 1.29 is 0 Å². The molecule has 1 fully saturated rings. The minimum atomic E-state index is 0.263. The van der Waals surface area contributed by atoms with Crippen LogP contribution < -0.4 is 5.73 Å². The van der Waals surface area contributed by atoms with Crippen LogP contribution in [0.25, 0.3) is 0 Å². The zero-order chi connectivity index (χ0) is 13.3. The Kier molecular flexibility index (Phi) is 3.99. The van der Waals surface area contributed by atoms with Crippen molar-refractivity contribution in [2.24, 2.45) is 18.2 Å². The van der Waals surface area contributed by atoms with Gasteiger partial charge in [-0.25, -0.2) is 0 Å². The molecule has 0 radical (unpaired) electrons. The fourth-order valence-corrected chi connectivity index (χ4v) is 2.98. The molecule has 4 nitrogen and oxygen atoms in total. The van der Waals surface area contributed by atoms with Gasteiger partial charge in [-0.15, -0.1) is 0 Å². The van der Waals surface area contributed by atoms with Crippen LogP contribution in [-0.2, 0) is 20.0 Å². The first-order valence-electron chi connectivity index (χ1n) is 6.62. The third-order valence-corrected chi connectivity index (χ3v) is 4.44. The lowest BCUT2D eigenvalue weighted by molar-refractivity contribution is 0.269. The fraction of sp³-hybridized carbons (Fsp3) is 0.769. The van der Waals surface area contributed by atoms with Gasteiger partial charge in [0.05, 0.1) is 16.4 Å². The number of likely N-dealkylation sites (tertiary alicyclic amines) is 1. The normalized spacial score (nSPS) is 24.9. The summed E-state index contributed by atoms with van der Waals surface area (Å²) in [4.78, 5) is 2.43. The van der Waals surface area contributed by atoms with Crippen LogP contribution in [-0.4, -0.2) is 34.3 Å². The van der Waals surface area contributed by atoms with Gasteiger partial charge in [-0.3, -0.25) is 9.58 Å². The second kappa shape index (κ2) is 5.19. The smallest absolute Gasteiger partial charge is 0.0863 e. The Morgan fingerprint density at radius 1 is 1.50 bits per heavy atom. The van der Waals surface area contributed by atoms with E-state index in [-0.39, 0.29) is 5.41 Å². The first kappa shape index (κ1) is 13.8. The Morgan fingerprint density at radius 3 is 2.72 bits per heavy atom. The van der Waals surface area contributed by atoms with Crippen molar-refractivity contribution in [2.75, 3.05) is 19.6 Å². The molecule has 0 spiro atoms. The number of hydrogen-bond donors (Lipinski definition) is 1. The quantitative estimate of drug-likeness (QED) is 0.908. The highest BCUT2D eigenvalue weighted by molar-refractivity contribution is 6.31. The van der Waals surface area contributed by atoms with Crippen LogP contribution in [0.2, 0.25) is 5.02 Å². The summed E-state index contributed by atoms with van der Waals surface area (Å²) < 4.78 is 1.92. The second-order valence-electron chi connectivity index (χ2n) is 5.66. The molecule has 1 unspecified atom stereocenters. The summed E-state index contributed by atoms with van der Waals surface area (Å²) in [5.74, 6) is 0. The third kappa shape index (κ3) is 2.56. The summed E-state index contributed by atoms with van der Waals surface area (Å²) in [5.41, 5.74) is 8.22. The number of rotatable bonds is 4. The van der Waals surface area contributed by atoms with E-state index < -0.39 is 0 Å². The third-order valence-electron chi connectivity index (χ3n) is 4.01. The molecule has 1 atom stereocenters. The van der Waals surface area contributed by atoms with E-state index in [0.717, 1.165) is 49.0 Å². The lowest BCUT2D eigenvalue weighted by Crippen LogP contribution is -2.31. The van der Waals surface area contributed by atoms with Gasteiger partial charge in [0, 0.05) is 20.1 Å². The van der Waals surface area contributed by atoms with E-state index in [1.807, 2.05) is 11.7 Å². The van der Waals surface area contributed by atoms with Crippen molar-refractivity contribution in [3.63, 3.8) is 0 Å². The molecule has 18 heavy (non-hydrogen) atoms. The zero-order valence-corrected chi connectivity index (χ0v) is 12.3. The summed E-state index contributed by atoms with van der Waals surface area (Å²) in [6.07, 6.45) is 2.05. The van der Waals surface area contributed by atoms with Crippen LogP contribution >= 0.6 is 11.6 Å². The van der Waals surface area contributed by atoms with Crippen molar-refractivity contribution in [3.8, 4) is 0 Å². The standard InChI is InChI=1S/C13H23ClN4/c1-4-10-12(14)11(17(3)16-10)7-18-6-5-13(2,8-15)9-18/h4-9,15H2,1-3H3. The Balaban J connectivity index is 2.09. The molecule has 1 aliphatic heterocycles. The summed E-state index contributed by atoms with van der Waals surface area (Å²) in [7, 11) is 1.97. The number of halogens is 1. The van der Waals surface area contributed by atoms with Gasteiger partial charge in [0.2, 0.25) is 0 Å². The minimum Gasteiger partial charge on any atom is -0.330 e.